The number of aliphatic carboxylic acids is 1. The first-order chi connectivity index (χ1) is 12.1. The molecule has 2 aromatic rings. The summed E-state index contributed by atoms with van der Waals surface area (Å²) >= 11 is 12.2. The number of methoxy groups -OCH3 is 1. The lowest BCUT2D eigenvalue weighted by Gasteiger charge is -2.25. The summed E-state index contributed by atoms with van der Waals surface area (Å²) in [5.41, 5.74) is 1.79. The van der Waals surface area contributed by atoms with Gasteiger partial charge in [-0.1, -0.05) is 40.9 Å². The number of anilines is 1. The predicted octanol–water partition coefficient (Wildman–Crippen LogP) is 3.90. The summed E-state index contributed by atoms with van der Waals surface area (Å²) in [6, 6.07) is 7.63. The van der Waals surface area contributed by atoms with E-state index in [0.29, 0.717) is 5.56 Å². The lowest BCUT2D eigenvalue weighted by molar-refractivity contribution is -0.135. The molecule has 0 aliphatic carbocycles. The average Bonchev–Trinajstić information content (AvgIpc) is 2.55. The number of hydrogen-bond donors (Lipinski definition) is 1. The van der Waals surface area contributed by atoms with Gasteiger partial charge in [0.2, 0.25) is 0 Å². The number of nitrogens with zero attached hydrogens (tertiary/aromatic N) is 1. The van der Waals surface area contributed by atoms with Crippen LogP contribution in [-0.2, 0) is 14.8 Å². The second-order valence-electron chi connectivity index (χ2n) is 5.59. The molecule has 2 rings (SSSR count). The van der Waals surface area contributed by atoms with Gasteiger partial charge in [-0.2, -0.15) is 0 Å². The van der Waals surface area contributed by atoms with Gasteiger partial charge in [-0.05, 0) is 37.6 Å². The van der Waals surface area contributed by atoms with E-state index in [-0.39, 0.29) is 26.4 Å². The van der Waals surface area contributed by atoms with Crippen molar-refractivity contribution >= 4 is 44.9 Å². The molecule has 0 aliphatic heterocycles. The summed E-state index contributed by atoms with van der Waals surface area (Å²) in [6.07, 6.45) is 0. The highest BCUT2D eigenvalue weighted by molar-refractivity contribution is 7.93. The number of benzene rings is 2. The highest BCUT2D eigenvalue weighted by Crippen LogP contribution is 2.39. The average molecular weight is 418 g/mol. The molecule has 0 saturated carbocycles. The molecule has 0 spiro atoms. The molecular formula is C17H17Cl2NO5S. The summed E-state index contributed by atoms with van der Waals surface area (Å²) in [5.74, 6) is -1.09. The minimum absolute atomic E-state index is 0.0638. The van der Waals surface area contributed by atoms with Gasteiger partial charge >= 0.3 is 5.97 Å². The molecule has 0 aliphatic rings. The molecule has 0 fully saturated rings. The van der Waals surface area contributed by atoms with Crippen LogP contribution in [0.4, 0.5) is 5.69 Å². The van der Waals surface area contributed by atoms with E-state index in [1.54, 1.807) is 25.1 Å². The van der Waals surface area contributed by atoms with Crippen molar-refractivity contribution in [3.8, 4) is 5.75 Å². The molecule has 2 aromatic carbocycles. The molecule has 0 amide bonds. The maximum Gasteiger partial charge on any atom is 0.324 e. The molecule has 0 radical (unpaired) electrons. The van der Waals surface area contributed by atoms with E-state index in [4.69, 9.17) is 27.9 Å². The third-order valence-electron chi connectivity index (χ3n) is 3.70. The van der Waals surface area contributed by atoms with E-state index in [9.17, 15) is 18.3 Å². The number of halogens is 2. The first-order valence-electron chi connectivity index (χ1n) is 7.43. The Balaban J connectivity index is 2.68. The van der Waals surface area contributed by atoms with Crippen molar-refractivity contribution in [3.05, 3.63) is 51.5 Å². The van der Waals surface area contributed by atoms with Crippen molar-refractivity contribution < 1.29 is 23.1 Å². The van der Waals surface area contributed by atoms with Gasteiger partial charge in [-0.15, -0.1) is 0 Å². The molecule has 9 heteroatoms. The standard InChI is InChI=1S/C17H17Cl2NO5S/c1-10-4-5-12(11(2)8-10)20(9-15(21)22)26(23,24)14-7-6-13(25-3)16(18)17(14)19/h4-8H,9H2,1-3H3,(H,21,22). The molecule has 0 aromatic heterocycles. The molecule has 0 saturated heterocycles. The number of ether oxygens (including phenoxy) is 1. The zero-order chi connectivity index (χ0) is 19.6. The van der Waals surface area contributed by atoms with Crippen LogP contribution in [-0.4, -0.2) is 33.1 Å². The van der Waals surface area contributed by atoms with Gasteiger partial charge in [0.05, 0.1) is 17.8 Å². The maximum absolute atomic E-state index is 13.2. The normalized spacial score (nSPS) is 11.3. The largest absolute Gasteiger partial charge is 0.495 e. The van der Waals surface area contributed by atoms with Crippen molar-refractivity contribution in [2.75, 3.05) is 18.0 Å². The second kappa shape index (κ2) is 7.73. The van der Waals surface area contributed by atoms with E-state index in [0.717, 1.165) is 9.87 Å². The predicted molar refractivity (Wildman–Crippen MR) is 101 cm³/mol. The fraction of sp³-hybridized carbons (Fsp3) is 0.235. The third kappa shape index (κ3) is 3.90. The Morgan fingerprint density at radius 3 is 2.35 bits per heavy atom. The van der Waals surface area contributed by atoms with Crippen LogP contribution in [0.15, 0.2) is 35.2 Å². The fourth-order valence-corrected chi connectivity index (χ4v) is 4.79. The van der Waals surface area contributed by atoms with E-state index < -0.39 is 22.5 Å². The molecule has 0 bridgehead atoms. The number of sulfonamides is 1. The van der Waals surface area contributed by atoms with E-state index >= 15 is 0 Å². The summed E-state index contributed by atoms with van der Waals surface area (Å²) in [6.45, 7) is 2.80. The first kappa shape index (κ1) is 20.4. The highest BCUT2D eigenvalue weighted by atomic mass is 35.5. The van der Waals surface area contributed by atoms with Gasteiger partial charge in [0.15, 0.2) is 0 Å². The summed E-state index contributed by atoms with van der Waals surface area (Å²) in [4.78, 5) is 11.0. The fourth-order valence-electron chi connectivity index (χ4n) is 2.50. The van der Waals surface area contributed by atoms with Crippen LogP contribution in [0.5, 0.6) is 5.75 Å². The van der Waals surface area contributed by atoms with Crippen LogP contribution in [0.1, 0.15) is 11.1 Å². The number of carboxylic acids is 1. The van der Waals surface area contributed by atoms with Gasteiger partial charge in [0.25, 0.3) is 10.0 Å². The molecule has 0 atom stereocenters. The SMILES string of the molecule is COc1ccc(S(=O)(=O)N(CC(=O)O)c2ccc(C)cc2C)c(Cl)c1Cl. The van der Waals surface area contributed by atoms with Crippen molar-refractivity contribution in [3.63, 3.8) is 0 Å². The van der Waals surface area contributed by atoms with Gasteiger partial charge in [-0.25, -0.2) is 8.42 Å². The van der Waals surface area contributed by atoms with Gasteiger partial charge < -0.3 is 9.84 Å². The topological polar surface area (TPSA) is 83.9 Å². The second-order valence-corrected chi connectivity index (χ2v) is 8.18. The number of rotatable bonds is 6. The molecule has 0 heterocycles. The minimum Gasteiger partial charge on any atom is -0.495 e. The van der Waals surface area contributed by atoms with Crippen molar-refractivity contribution in [2.45, 2.75) is 18.7 Å². The Hall–Kier alpha value is -1.96. The summed E-state index contributed by atoms with van der Waals surface area (Å²) in [5, 5.41) is 8.93. The molecule has 1 N–H and O–H groups in total. The minimum atomic E-state index is -4.28. The number of aryl methyl sites for hydroxylation is 2. The number of hydrogen-bond acceptors (Lipinski definition) is 4. The monoisotopic (exact) mass is 417 g/mol. The van der Waals surface area contributed by atoms with E-state index in [1.807, 2.05) is 6.92 Å². The van der Waals surface area contributed by atoms with Crippen molar-refractivity contribution in [1.82, 2.24) is 0 Å². The van der Waals surface area contributed by atoms with Crippen LogP contribution < -0.4 is 9.04 Å². The smallest absolute Gasteiger partial charge is 0.324 e. The van der Waals surface area contributed by atoms with Crippen LogP contribution in [0.3, 0.4) is 0 Å². The Labute approximate surface area is 162 Å². The zero-order valence-corrected chi connectivity index (χ0v) is 16.6. The molecule has 6 nitrogen and oxygen atoms in total. The van der Waals surface area contributed by atoms with Crippen LogP contribution in [0, 0.1) is 13.8 Å². The zero-order valence-electron chi connectivity index (χ0n) is 14.3. The number of carboxylic acid groups (broad SMARTS) is 1. The lowest BCUT2D eigenvalue weighted by Crippen LogP contribution is -2.36. The van der Waals surface area contributed by atoms with E-state index in [1.165, 1.54) is 19.2 Å². The van der Waals surface area contributed by atoms with Crippen molar-refractivity contribution in [1.29, 1.82) is 0 Å². The van der Waals surface area contributed by atoms with Crippen LogP contribution in [0.2, 0.25) is 10.0 Å². The van der Waals surface area contributed by atoms with Gasteiger partial charge in [0, 0.05) is 0 Å². The Morgan fingerprint density at radius 1 is 1.15 bits per heavy atom. The quantitative estimate of drug-likeness (QED) is 0.770. The van der Waals surface area contributed by atoms with Gasteiger partial charge in [-0.3, -0.25) is 9.10 Å². The molecule has 140 valence electrons. The van der Waals surface area contributed by atoms with Crippen LogP contribution in [0.25, 0.3) is 0 Å². The summed E-state index contributed by atoms with van der Waals surface area (Å²) < 4.78 is 32.1. The Kier molecular flexibility index (Phi) is 6.05. The van der Waals surface area contributed by atoms with Gasteiger partial charge in [0.1, 0.15) is 22.2 Å². The molecule has 0 unspecified atom stereocenters. The Morgan fingerprint density at radius 2 is 1.81 bits per heavy atom. The summed E-state index contributed by atoms with van der Waals surface area (Å²) in [7, 11) is -2.91. The Bertz CT molecular complexity index is 960. The highest BCUT2D eigenvalue weighted by Gasteiger charge is 2.31. The van der Waals surface area contributed by atoms with E-state index in [2.05, 4.69) is 0 Å². The molecular weight excluding hydrogens is 401 g/mol. The molecule has 26 heavy (non-hydrogen) atoms. The number of carbonyl (C=O) groups is 1. The lowest BCUT2D eigenvalue weighted by atomic mass is 10.1. The third-order valence-corrected chi connectivity index (χ3v) is 6.48. The van der Waals surface area contributed by atoms with Crippen LogP contribution >= 0.6 is 23.2 Å². The first-order valence-corrected chi connectivity index (χ1v) is 9.63. The maximum atomic E-state index is 13.2. The van der Waals surface area contributed by atoms with Crippen molar-refractivity contribution in [2.24, 2.45) is 0 Å².